The second-order valence-corrected chi connectivity index (χ2v) is 9.30. The fraction of sp³-hybridized carbons (Fsp3) is 0.391. The van der Waals surface area contributed by atoms with Crippen molar-refractivity contribution in [3.05, 3.63) is 58.2 Å². The Labute approximate surface area is 225 Å². The minimum Gasteiger partial charge on any atom is -0.460 e. The zero-order chi connectivity index (χ0) is 28.9. The zero-order valence-electron chi connectivity index (χ0n) is 21.1. The fourth-order valence-corrected chi connectivity index (χ4v) is 3.98. The molecule has 0 aliphatic rings. The molecule has 0 aliphatic heterocycles. The number of aryl methyl sites for hydroxylation is 2. The Morgan fingerprint density at radius 3 is 1.44 bits per heavy atom. The Balaban J connectivity index is 2.03. The van der Waals surface area contributed by atoms with Crippen molar-refractivity contribution in [3.8, 4) is 0 Å². The summed E-state index contributed by atoms with van der Waals surface area (Å²) in [5.41, 5.74) is 1.10. The van der Waals surface area contributed by atoms with E-state index in [1.807, 2.05) is 0 Å². The summed E-state index contributed by atoms with van der Waals surface area (Å²) in [5.74, 6) is -2.96. The standard InChI is InChI=1S/C23H30F2N2O10P2/c1-26-20-10-14(18(24)12-16(20)22(28)34-6-8-36-38(30)31)4-3-5-15-11-21(27-2)17(13-19(15)25)23(29)35-7-9-37-39(32)33/h10-13,26-27,30-33H,3-9H2,1-2H3. The van der Waals surface area contributed by atoms with Crippen molar-refractivity contribution in [2.24, 2.45) is 0 Å². The molecule has 0 spiro atoms. The molecule has 0 atom stereocenters. The number of rotatable bonds is 16. The van der Waals surface area contributed by atoms with Crippen LogP contribution < -0.4 is 10.6 Å². The van der Waals surface area contributed by atoms with E-state index < -0.39 is 40.8 Å². The van der Waals surface area contributed by atoms with Gasteiger partial charge in [0.05, 0.1) is 24.3 Å². The van der Waals surface area contributed by atoms with E-state index in [9.17, 15) is 18.4 Å². The molecule has 39 heavy (non-hydrogen) atoms. The smallest absolute Gasteiger partial charge is 0.340 e. The van der Waals surface area contributed by atoms with Crippen molar-refractivity contribution < 1.29 is 56.5 Å². The van der Waals surface area contributed by atoms with Gasteiger partial charge in [0.1, 0.15) is 24.8 Å². The van der Waals surface area contributed by atoms with Crippen LogP contribution in [0.3, 0.4) is 0 Å². The number of benzene rings is 2. The molecular weight excluding hydrogens is 564 g/mol. The molecule has 2 rings (SSSR count). The minimum absolute atomic E-state index is 0.0544. The number of hydrogen-bond donors (Lipinski definition) is 6. The normalized spacial score (nSPS) is 11.1. The SMILES string of the molecule is CNc1cc(CCCc2cc(NC)c(C(=O)OCCOP(O)O)cc2F)c(F)cc1C(=O)OCCOP(O)O. The van der Waals surface area contributed by atoms with Crippen LogP contribution in [0.4, 0.5) is 20.2 Å². The van der Waals surface area contributed by atoms with Gasteiger partial charge in [0, 0.05) is 25.5 Å². The van der Waals surface area contributed by atoms with Crippen molar-refractivity contribution in [3.63, 3.8) is 0 Å². The predicted octanol–water partition coefficient (Wildman–Crippen LogP) is 2.99. The molecule has 216 valence electrons. The van der Waals surface area contributed by atoms with Crippen molar-refractivity contribution in [2.75, 3.05) is 51.2 Å². The van der Waals surface area contributed by atoms with Crippen LogP contribution >= 0.6 is 17.2 Å². The van der Waals surface area contributed by atoms with Gasteiger partial charge >= 0.3 is 29.1 Å². The van der Waals surface area contributed by atoms with E-state index in [2.05, 4.69) is 19.7 Å². The summed E-state index contributed by atoms with van der Waals surface area (Å²) in [4.78, 5) is 59.4. The molecule has 6 N–H and O–H groups in total. The molecule has 0 unspecified atom stereocenters. The molecule has 2 aromatic carbocycles. The van der Waals surface area contributed by atoms with Gasteiger partial charge in [-0.3, -0.25) is 0 Å². The number of ether oxygens (including phenoxy) is 2. The maximum absolute atomic E-state index is 14.8. The van der Waals surface area contributed by atoms with E-state index >= 15 is 0 Å². The minimum atomic E-state index is -2.57. The van der Waals surface area contributed by atoms with Crippen LogP contribution in [0.1, 0.15) is 38.3 Å². The van der Waals surface area contributed by atoms with Gasteiger partial charge in [0.15, 0.2) is 0 Å². The lowest BCUT2D eigenvalue weighted by Crippen LogP contribution is -2.13. The van der Waals surface area contributed by atoms with E-state index in [0.29, 0.717) is 17.8 Å². The molecule has 0 bridgehead atoms. The first-order valence-electron chi connectivity index (χ1n) is 11.5. The summed E-state index contributed by atoms with van der Waals surface area (Å²) in [6.45, 7) is -0.992. The molecule has 2 aromatic rings. The van der Waals surface area contributed by atoms with E-state index in [1.165, 1.54) is 12.1 Å². The number of carbonyl (C=O) groups is 2. The topological polar surface area (TPSA) is 176 Å². The molecule has 16 heteroatoms. The molecular formula is C23H30F2N2O10P2. The molecule has 0 radical (unpaired) electrons. The number of carbonyl (C=O) groups excluding carboxylic acids is 2. The maximum atomic E-state index is 14.8. The summed E-state index contributed by atoms with van der Waals surface area (Å²) in [7, 11) is -2.05. The van der Waals surface area contributed by atoms with E-state index in [0.717, 1.165) is 12.1 Å². The van der Waals surface area contributed by atoms with E-state index in [4.69, 9.17) is 29.0 Å². The van der Waals surface area contributed by atoms with Gasteiger partial charge in [-0.15, -0.1) is 0 Å². The first-order valence-corrected chi connectivity index (χ1v) is 13.9. The Kier molecular flexibility index (Phi) is 13.9. The first kappa shape index (κ1) is 32.7. The maximum Gasteiger partial charge on any atom is 0.340 e. The summed E-state index contributed by atoms with van der Waals surface area (Å²) >= 11 is 0. The van der Waals surface area contributed by atoms with Gasteiger partial charge in [-0.1, -0.05) is 0 Å². The van der Waals surface area contributed by atoms with Crippen LogP contribution in [0.25, 0.3) is 0 Å². The molecule has 0 heterocycles. The van der Waals surface area contributed by atoms with Crippen molar-refractivity contribution >= 4 is 40.5 Å². The molecule has 0 aliphatic carbocycles. The van der Waals surface area contributed by atoms with Crippen molar-refractivity contribution in [2.45, 2.75) is 19.3 Å². The van der Waals surface area contributed by atoms with Gasteiger partial charge < -0.3 is 48.7 Å². The highest BCUT2D eigenvalue weighted by molar-refractivity contribution is 7.39. The van der Waals surface area contributed by atoms with Crippen LogP contribution in [0.2, 0.25) is 0 Å². The highest BCUT2D eigenvalue weighted by Gasteiger charge is 2.19. The number of anilines is 2. The third-order valence-electron chi connectivity index (χ3n) is 5.29. The third-order valence-corrected chi connectivity index (χ3v) is 6.12. The zero-order valence-corrected chi connectivity index (χ0v) is 22.9. The summed E-state index contributed by atoms with van der Waals surface area (Å²) in [6, 6.07) is 4.97. The van der Waals surface area contributed by atoms with Crippen molar-refractivity contribution in [1.29, 1.82) is 0 Å². The Bertz CT molecular complexity index is 1040. The molecule has 0 saturated carbocycles. The van der Waals surface area contributed by atoms with Crippen LogP contribution in [0.5, 0.6) is 0 Å². The number of hydrogen-bond acceptors (Lipinski definition) is 12. The van der Waals surface area contributed by atoms with Gasteiger partial charge in [0.25, 0.3) is 0 Å². The lowest BCUT2D eigenvalue weighted by Gasteiger charge is -2.14. The summed E-state index contributed by atoms with van der Waals surface area (Å²) < 4.78 is 48.5. The average Bonchev–Trinajstić information content (AvgIpc) is 2.89. The van der Waals surface area contributed by atoms with Crippen molar-refractivity contribution in [1.82, 2.24) is 0 Å². The molecule has 0 fully saturated rings. The van der Waals surface area contributed by atoms with Gasteiger partial charge in [-0.05, 0) is 54.7 Å². The molecule has 0 saturated heterocycles. The predicted molar refractivity (Wildman–Crippen MR) is 139 cm³/mol. The van der Waals surface area contributed by atoms with E-state index in [-0.39, 0.29) is 61.5 Å². The number of halogens is 2. The third kappa shape index (κ3) is 10.5. The van der Waals surface area contributed by atoms with Crippen LogP contribution in [-0.2, 0) is 31.4 Å². The Morgan fingerprint density at radius 2 is 1.10 bits per heavy atom. The van der Waals surface area contributed by atoms with Gasteiger partial charge in [-0.25, -0.2) is 18.4 Å². The molecule has 0 amide bonds. The van der Waals surface area contributed by atoms with E-state index in [1.54, 1.807) is 14.1 Å². The highest BCUT2D eigenvalue weighted by atomic mass is 31.2. The monoisotopic (exact) mass is 594 g/mol. The van der Waals surface area contributed by atoms with Crippen LogP contribution in [-0.4, -0.2) is 72.0 Å². The first-order chi connectivity index (χ1) is 18.6. The van der Waals surface area contributed by atoms with Gasteiger partial charge in [-0.2, -0.15) is 0 Å². The Morgan fingerprint density at radius 1 is 0.718 bits per heavy atom. The van der Waals surface area contributed by atoms with Crippen LogP contribution in [0, 0.1) is 11.6 Å². The summed E-state index contributed by atoms with van der Waals surface area (Å²) in [5, 5.41) is 5.61. The lowest BCUT2D eigenvalue weighted by molar-refractivity contribution is 0.0435. The second kappa shape index (κ2) is 16.5. The highest BCUT2D eigenvalue weighted by Crippen LogP contribution is 2.27. The number of nitrogens with one attached hydrogen (secondary N) is 2. The average molecular weight is 594 g/mol. The van der Waals surface area contributed by atoms with Crippen LogP contribution in [0.15, 0.2) is 24.3 Å². The Hall–Kier alpha value is -2.54. The lowest BCUT2D eigenvalue weighted by atomic mass is 9.99. The van der Waals surface area contributed by atoms with Gasteiger partial charge in [0.2, 0.25) is 0 Å². The molecule has 12 nitrogen and oxygen atoms in total. The number of esters is 2. The summed E-state index contributed by atoms with van der Waals surface area (Å²) in [6.07, 6.45) is 0.784. The second-order valence-electron chi connectivity index (χ2n) is 7.78. The molecule has 0 aromatic heterocycles. The quantitative estimate of drug-likeness (QED) is 0.0954. The largest absolute Gasteiger partial charge is 0.460 e. The fourth-order valence-electron chi connectivity index (χ4n) is 3.50.